The van der Waals surface area contributed by atoms with E-state index in [1.165, 1.54) is 0 Å². The standard InChI is InChI=1S/C16H27N3O2/c1-6-11(3)19(7-2)12(4)16(20)18-15-9-8-13(21-5)10-14(15)17/h8-12H,6-7,17H2,1-5H3,(H,18,20). The van der Waals surface area contributed by atoms with E-state index in [4.69, 9.17) is 10.5 Å². The van der Waals surface area contributed by atoms with Crippen LogP contribution in [0.25, 0.3) is 0 Å². The normalized spacial score (nSPS) is 13.8. The van der Waals surface area contributed by atoms with E-state index in [1.807, 2.05) is 6.92 Å². The van der Waals surface area contributed by atoms with Crippen molar-refractivity contribution in [1.29, 1.82) is 0 Å². The molecule has 0 saturated carbocycles. The third-order valence-corrected chi connectivity index (χ3v) is 3.92. The molecule has 0 aromatic heterocycles. The Balaban J connectivity index is 2.80. The minimum absolute atomic E-state index is 0.0472. The predicted octanol–water partition coefficient (Wildman–Crippen LogP) is 2.72. The molecule has 118 valence electrons. The molecule has 1 aromatic rings. The first kappa shape index (κ1) is 17.3. The monoisotopic (exact) mass is 293 g/mol. The van der Waals surface area contributed by atoms with Crippen molar-refractivity contribution in [3.63, 3.8) is 0 Å². The summed E-state index contributed by atoms with van der Waals surface area (Å²) in [6.45, 7) is 9.08. The van der Waals surface area contributed by atoms with E-state index in [0.29, 0.717) is 23.2 Å². The van der Waals surface area contributed by atoms with Gasteiger partial charge in [0.1, 0.15) is 5.75 Å². The molecule has 1 amide bonds. The van der Waals surface area contributed by atoms with Gasteiger partial charge in [0.15, 0.2) is 0 Å². The highest BCUT2D eigenvalue weighted by atomic mass is 16.5. The number of hydrogen-bond donors (Lipinski definition) is 2. The van der Waals surface area contributed by atoms with Crippen molar-refractivity contribution >= 4 is 17.3 Å². The first-order valence-corrected chi connectivity index (χ1v) is 7.44. The molecule has 2 unspecified atom stereocenters. The van der Waals surface area contributed by atoms with Gasteiger partial charge in [0, 0.05) is 12.1 Å². The summed E-state index contributed by atoms with van der Waals surface area (Å²) in [5.41, 5.74) is 7.05. The summed E-state index contributed by atoms with van der Waals surface area (Å²) < 4.78 is 5.10. The van der Waals surface area contributed by atoms with Gasteiger partial charge < -0.3 is 15.8 Å². The Morgan fingerprint density at radius 2 is 2.05 bits per heavy atom. The minimum Gasteiger partial charge on any atom is -0.497 e. The summed E-state index contributed by atoms with van der Waals surface area (Å²) >= 11 is 0. The van der Waals surface area contributed by atoms with Gasteiger partial charge >= 0.3 is 0 Å². The molecule has 0 fully saturated rings. The van der Waals surface area contributed by atoms with Gasteiger partial charge in [-0.2, -0.15) is 0 Å². The number of carbonyl (C=O) groups excluding carboxylic acids is 1. The summed E-state index contributed by atoms with van der Waals surface area (Å²) in [5, 5.41) is 2.89. The van der Waals surface area contributed by atoms with Crippen molar-refractivity contribution in [2.45, 2.75) is 46.2 Å². The molecule has 0 aliphatic rings. The van der Waals surface area contributed by atoms with E-state index in [9.17, 15) is 4.79 Å². The Kier molecular flexibility index (Phi) is 6.49. The average molecular weight is 293 g/mol. The molecule has 0 aliphatic carbocycles. The van der Waals surface area contributed by atoms with Crippen LogP contribution in [-0.2, 0) is 4.79 Å². The maximum Gasteiger partial charge on any atom is 0.241 e. The van der Waals surface area contributed by atoms with Crippen LogP contribution in [0.3, 0.4) is 0 Å². The van der Waals surface area contributed by atoms with Crippen LogP contribution in [0.4, 0.5) is 11.4 Å². The first-order valence-electron chi connectivity index (χ1n) is 7.44. The van der Waals surface area contributed by atoms with Crippen molar-refractivity contribution < 1.29 is 9.53 Å². The number of likely N-dealkylation sites (N-methyl/N-ethyl adjacent to an activating group) is 1. The molecule has 0 saturated heterocycles. The van der Waals surface area contributed by atoms with Crippen LogP contribution in [-0.4, -0.2) is 36.5 Å². The second-order valence-electron chi connectivity index (χ2n) is 5.21. The molecular weight excluding hydrogens is 266 g/mol. The van der Waals surface area contributed by atoms with Gasteiger partial charge in [-0.25, -0.2) is 0 Å². The second-order valence-corrected chi connectivity index (χ2v) is 5.21. The Morgan fingerprint density at radius 1 is 1.38 bits per heavy atom. The number of nitrogens with zero attached hydrogens (tertiary/aromatic N) is 1. The minimum atomic E-state index is -0.202. The molecule has 1 aromatic carbocycles. The molecule has 3 N–H and O–H groups in total. The van der Waals surface area contributed by atoms with E-state index in [2.05, 4.69) is 31.0 Å². The zero-order valence-electron chi connectivity index (χ0n) is 13.6. The fraction of sp³-hybridized carbons (Fsp3) is 0.562. The van der Waals surface area contributed by atoms with Crippen molar-refractivity contribution in [1.82, 2.24) is 4.90 Å². The Hall–Kier alpha value is -1.75. The maximum atomic E-state index is 12.4. The Labute approximate surface area is 127 Å². The van der Waals surface area contributed by atoms with Crippen molar-refractivity contribution in [2.24, 2.45) is 0 Å². The van der Waals surface area contributed by atoms with Crippen molar-refractivity contribution in [3.05, 3.63) is 18.2 Å². The number of ether oxygens (including phenoxy) is 1. The zero-order valence-corrected chi connectivity index (χ0v) is 13.6. The van der Waals surface area contributed by atoms with Crippen molar-refractivity contribution in [3.8, 4) is 5.75 Å². The summed E-state index contributed by atoms with van der Waals surface area (Å²) in [6.07, 6.45) is 1.01. The smallest absolute Gasteiger partial charge is 0.241 e. The summed E-state index contributed by atoms with van der Waals surface area (Å²) in [6, 6.07) is 5.41. The van der Waals surface area contributed by atoms with Crippen LogP contribution < -0.4 is 15.8 Å². The first-order chi connectivity index (χ1) is 9.94. The maximum absolute atomic E-state index is 12.4. The Bertz CT molecular complexity index is 477. The number of methoxy groups -OCH3 is 1. The number of anilines is 2. The van der Waals surface area contributed by atoms with Crippen LogP contribution in [0.15, 0.2) is 18.2 Å². The van der Waals surface area contributed by atoms with Gasteiger partial charge in [-0.3, -0.25) is 9.69 Å². The van der Waals surface area contributed by atoms with Crippen LogP contribution in [0.2, 0.25) is 0 Å². The summed E-state index contributed by atoms with van der Waals surface area (Å²) in [5.74, 6) is 0.627. The number of nitrogens with two attached hydrogens (primary N) is 1. The second kappa shape index (κ2) is 7.88. The molecule has 0 bridgehead atoms. The van der Waals surface area contributed by atoms with Gasteiger partial charge in [0.2, 0.25) is 5.91 Å². The van der Waals surface area contributed by atoms with Gasteiger partial charge in [0.25, 0.3) is 0 Å². The lowest BCUT2D eigenvalue weighted by Crippen LogP contribution is -2.46. The topological polar surface area (TPSA) is 67.6 Å². The van der Waals surface area contributed by atoms with Crippen LogP contribution in [0.5, 0.6) is 5.75 Å². The number of benzene rings is 1. The van der Waals surface area contributed by atoms with Crippen LogP contribution in [0.1, 0.15) is 34.1 Å². The highest BCUT2D eigenvalue weighted by Crippen LogP contribution is 2.24. The van der Waals surface area contributed by atoms with Crippen LogP contribution >= 0.6 is 0 Å². The van der Waals surface area contributed by atoms with Gasteiger partial charge in [0.05, 0.1) is 24.5 Å². The number of nitrogens with one attached hydrogen (secondary N) is 1. The van der Waals surface area contributed by atoms with E-state index in [-0.39, 0.29) is 11.9 Å². The average Bonchev–Trinajstić information content (AvgIpc) is 2.49. The lowest BCUT2D eigenvalue weighted by Gasteiger charge is -2.32. The lowest BCUT2D eigenvalue weighted by molar-refractivity contribution is -0.121. The molecule has 0 heterocycles. The molecule has 5 heteroatoms. The van der Waals surface area contributed by atoms with E-state index < -0.39 is 0 Å². The molecule has 5 nitrogen and oxygen atoms in total. The Morgan fingerprint density at radius 3 is 2.52 bits per heavy atom. The molecule has 0 aliphatic heterocycles. The highest BCUT2D eigenvalue weighted by molar-refractivity contribution is 5.97. The van der Waals surface area contributed by atoms with E-state index in [0.717, 1.165) is 13.0 Å². The molecule has 2 atom stereocenters. The number of nitrogen functional groups attached to an aromatic ring is 1. The van der Waals surface area contributed by atoms with Gasteiger partial charge in [-0.15, -0.1) is 0 Å². The van der Waals surface area contributed by atoms with E-state index >= 15 is 0 Å². The quantitative estimate of drug-likeness (QED) is 0.759. The van der Waals surface area contributed by atoms with Gasteiger partial charge in [-0.05, 0) is 38.9 Å². The fourth-order valence-electron chi connectivity index (χ4n) is 2.37. The number of carbonyl (C=O) groups is 1. The SMILES string of the molecule is CCC(C)N(CC)C(C)C(=O)Nc1ccc(OC)cc1N. The zero-order chi connectivity index (χ0) is 16.0. The van der Waals surface area contributed by atoms with Crippen molar-refractivity contribution in [2.75, 3.05) is 24.7 Å². The fourth-order valence-corrected chi connectivity index (χ4v) is 2.37. The highest BCUT2D eigenvalue weighted by Gasteiger charge is 2.23. The predicted molar refractivity (Wildman–Crippen MR) is 87.6 cm³/mol. The van der Waals surface area contributed by atoms with Crippen LogP contribution in [0, 0.1) is 0 Å². The van der Waals surface area contributed by atoms with Gasteiger partial charge in [-0.1, -0.05) is 13.8 Å². The lowest BCUT2D eigenvalue weighted by atomic mass is 10.1. The molecule has 0 spiro atoms. The molecule has 21 heavy (non-hydrogen) atoms. The summed E-state index contributed by atoms with van der Waals surface area (Å²) in [7, 11) is 1.58. The third-order valence-electron chi connectivity index (χ3n) is 3.92. The number of rotatable bonds is 7. The number of hydrogen-bond acceptors (Lipinski definition) is 4. The summed E-state index contributed by atoms with van der Waals surface area (Å²) in [4.78, 5) is 14.6. The molecular formula is C16H27N3O2. The van der Waals surface area contributed by atoms with E-state index in [1.54, 1.807) is 25.3 Å². The molecule has 0 radical (unpaired) electrons. The largest absolute Gasteiger partial charge is 0.497 e. The molecule has 1 rings (SSSR count). The number of amides is 1. The third kappa shape index (κ3) is 4.36.